The maximum atomic E-state index is 14.0. The number of nitrogens with zero attached hydrogens (tertiary/aromatic N) is 4. The van der Waals surface area contributed by atoms with Crippen LogP contribution in [0.2, 0.25) is 0 Å². The van der Waals surface area contributed by atoms with E-state index in [0.29, 0.717) is 5.82 Å². The summed E-state index contributed by atoms with van der Waals surface area (Å²) in [7, 11) is 0. The van der Waals surface area contributed by atoms with Gasteiger partial charge in [-0.05, 0) is 63.7 Å². The zero-order chi connectivity index (χ0) is 19.8. The minimum absolute atomic E-state index is 0. The van der Waals surface area contributed by atoms with Crippen LogP contribution < -0.4 is 15.5 Å². The minimum Gasteiger partial charge on any atom is -0.357 e. The van der Waals surface area contributed by atoms with Gasteiger partial charge < -0.3 is 20.4 Å². The van der Waals surface area contributed by atoms with E-state index in [-0.39, 0.29) is 35.8 Å². The van der Waals surface area contributed by atoms with Crippen LogP contribution in [-0.2, 0) is 0 Å². The van der Waals surface area contributed by atoms with Crippen LogP contribution >= 0.6 is 24.0 Å². The lowest BCUT2D eigenvalue weighted by atomic mass is 10.0. The number of guanidine groups is 1. The third-order valence-electron chi connectivity index (χ3n) is 5.56. The number of hydrogen-bond acceptors (Lipinski definition) is 4. The van der Waals surface area contributed by atoms with E-state index in [1.807, 2.05) is 4.90 Å². The Labute approximate surface area is 191 Å². The lowest BCUT2D eigenvalue weighted by Gasteiger charge is -2.30. The van der Waals surface area contributed by atoms with E-state index < -0.39 is 0 Å². The number of nitrogens with one attached hydrogen (secondary N) is 2. The van der Waals surface area contributed by atoms with Gasteiger partial charge in [0.15, 0.2) is 17.6 Å². The molecule has 2 aliphatic rings. The monoisotopic (exact) mass is 518 g/mol. The van der Waals surface area contributed by atoms with Crippen molar-refractivity contribution >= 4 is 35.8 Å². The third kappa shape index (κ3) is 7.55. The summed E-state index contributed by atoms with van der Waals surface area (Å²) in [6, 6.07) is 3.35. The van der Waals surface area contributed by atoms with Gasteiger partial charge in [0.05, 0.1) is 0 Å². The summed E-state index contributed by atoms with van der Waals surface area (Å²) in [5, 5.41) is 6.85. The van der Waals surface area contributed by atoms with Crippen LogP contribution in [-0.4, -0.2) is 67.7 Å². The molecule has 0 aromatic carbocycles. The molecule has 0 saturated carbocycles. The fraction of sp³-hybridized carbons (Fsp3) is 0.714. The molecule has 2 unspecified atom stereocenters. The van der Waals surface area contributed by atoms with Crippen molar-refractivity contribution in [2.75, 3.05) is 50.7 Å². The smallest absolute Gasteiger partial charge is 0.191 e. The summed E-state index contributed by atoms with van der Waals surface area (Å²) in [4.78, 5) is 13.5. The highest BCUT2D eigenvalue weighted by atomic mass is 127. The van der Waals surface area contributed by atoms with Crippen molar-refractivity contribution in [3.8, 4) is 0 Å². The van der Waals surface area contributed by atoms with Gasteiger partial charge in [0.2, 0.25) is 0 Å². The Morgan fingerprint density at radius 3 is 2.93 bits per heavy atom. The largest absolute Gasteiger partial charge is 0.357 e. The minimum atomic E-state index is -0.254. The summed E-state index contributed by atoms with van der Waals surface area (Å²) < 4.78 is 14.0. The molecule has 6 nitrogen and oxygen atoms in total. The first kappa shape index (κ1) is 24.1. The van der Waals surface area contributed by atoms with E-state index >= 15 is 0 Å². The van der Waals surface area contributed by atoms with E-state index in [9.17, 15) is 4.39 Å². The normalized spacial score (nSPS) is 23.0. The van der Waals surface area contributed by atoms with E-state index in [1.54, 1.807) is 12.3 Å². The highest BCUT2D eigenvalue weighted by Gasteiger charge is 2.26. The van der Waals surface area contributed by atoms with Crippen molar-refractivity contribution in [3.63, 3.8) is 0 Å². The average molecular weight is 518 g/mol. The van der Waals surface area contributed by atoms with Gasteiger partial charge >= 0.3 is 0 Å². The Morgan fingerprint density at radius 2 is 2.17 bits per heavy atom. The zero-order valence-corrected chi connectivity index (χ0v) is 20.1. The molecule has 2 aliphatic heterocycles. The summed E-state index contributed by atoms with van der Waals surface area (Å²) in [5.74, 6) is 1.88. The van der Waals surface area contributed by atoms with Crippen LogP contribution in [0.15, 0.2) is 23.3 Å². The molecule has 2 fully saturated rings. The molecule has 2 atom stereocenters. The van der Waals surface area contributed by atoms with E-state index in [1.165, 1.54) is 32.0 Å². The van der Waals surface area contributed by atoms with E-state index in [2.05, 4.69) is 34.4 Å². The number of halogens is 2. The lowest BCUT2D eigenvalue weighted by Crippen LogP contribution is -2.44. The Hall–Kier alpha value is -1.16. The highest BCUT2D eigenvalue weighted by Crippen LogP contribution is 2.20. The topological polar surface area (TPSA) is 55.8 Å². The van der Waals surface area contributed by atoms with Crippen LogP contribution in [0, 0.1) is 11.7 Å². The predicted molar refractivity (Wildman–Crippen MR) is 129 cm³/mol. The summed E-state index contributed by atoms with van der Waals surface area (Å²) in [6.45, 7) is 11.2. The SMILES string of the molecule is CCNC(=NCCCN1CCCC(C)C1)NC1CCN(c2ncccc2F)C1.I. The molecular weight excluding hydrogens is 482 g/mol. The second-order valence-corrected chi connectivity index (χ2v) is 8.05. The Balaban J connectivity index is 0.00000300. The van der Waals surface area contributed by atoms with Crippen molar-refractivity contribution < 1.29 is 4.39 Å². The predicted octanol–water partition coefficient (Wildman–Crippen LogP) is 3.09. The number of anilines is 1. The molecule has 164 valence electrons. The van der Waals surface area contributed by atoms with Crippen LogP contribution in [0.1, 0.15) is 39.5 Å². The first-order chi connectivity index (χ1) is 13.7. The standard InChI is InChI=1S/C21H35FN6.HI/c1-3-23-21(25-11-6-13-27-12-5-7-17(2)15-27)26-18-9-14-28(16-18)20-19(22)8-4-10-24-20;/h4,8,10,17-18H,3,5-7,9,11-16H2,1-2H3,(H2,23,25,26);1H. The second kappa shape index (κ2) is 12.5. The molecule has 2 N–H and O–H groups in total. The van der Waals surface area contributed by atoms with Crippen molar-refractivity contribution in [3.05, 3.63) is 24.1 Å². The molecule has 3 rings (SSSR count). The van der Waals surface area contributed by atoms with Gasteiger partial charge in [-0.15, -0.1) is 24.0 Å². The van der Waals surface area contributed by atoms with Crippen LogP contribution in [0.3, 0.4) is 0 Å². The highest BCUT2D eigenvalue weighted by molar-refractivity contribution is 14.0. The molecule has 2 saturated heterocycles. The number of rotatable bonds is 7. The number of pyridine rings is 1. The molecular formula is C21H36FIN6. The van der Waals surface area contributed by atoms with Gasteiger partial charge in [-0.2, -0.15) is 0 Å². The van der Waals surface area contributed by atoms with Gasteiger partial charge in [0.25, 0.3) is 0 Å². The van der Waals surface area contributed by atoms with Gasteiger partial charge in [-0.1, -0.05) is 6.92 Å². The average Bonchev–Trinajstić information content (AvgIpc) is 3.14. The molecule has 1 aromatic rings. The van der Waals surface area contributed by atoms with Crippen LogP contribution in [0.25, 0.3) is 0 Å². The summed E-state index contributed by atoms with van der Waals surface area (Å²) in [5.41, 5.74) is 0. The second-order valence-electron chi connectivity index (χ2n) is 8.05. The van der Waals surface area contributed by atoms with Gasteiger partial charge in [-0.25, -0.2) is 9.37 Å². The van der Waals surface area contributed by atoms with Crippen molar-refractivity contribution in [2.45, 2.75) is 45.6 Å². The first-order valence-corrected chi connectivity index (χ1v) is 10.8. The summed E-state index contributed by atoms with van der Waals surface area (Å²) in [6.07, 6.45) is 6.37. The molecule has 0 bridgehead atoms. The maximum absolute atomic E-state index is 14.0. The molecule has 0 radical (unpaired) electrons. The van der Waals surface area contributed by atoms with Crippen molar-refractivity contribution in [1.82, 2.24) is 20.5 Å². The number of aliphatic imine (C=N–C) groups is 1. The fourth-order valence-electron chi connectivity index (χ4n) is 4.17. The number of aromatic nitrogens is 1. The molecule has 0 aliphatic carbocycles. The third-order valence-corrected chi connectivity index (χ3v) is 5.56. The Bertz CT molecular complexity index is 643. The number of hydrogen-bond donors (Lipinski definition) is 2. The van der Waals surface area contributed by atoms with Crippen LogP contribution in [0.5, 0.6) is 0 Å². The molecule has 0 amide bonds. The van der Waals surface area contributed by atoms with Gasteiger partial charge in [0.1, 0.15) is 0 Å². The molecule has 3 heterocycles. The maximum Gasteiger partial charge on any atom is 0.191 e. The van der Waals surface area contributed by atoms with E-state index in [0.717, 1.165) is 57.4 Å². The van der Waals surface area contributed by atoms with Crippen molar-refractivity contribution in [1.29, 1.82) is 0 Å². The molecule has 0 spiro atoms. The Morgan fingerprint density at radius 1 is 1.31 bits per heavy atom. The lowest BCUT2D eigenvalue weighted by molar-refractivity contribution is 0.183. The number of likely N-dealkylation sites (tertiary alicyclic amines) is 1. The van der Waals surface area contributed by atoms with Crippen molar-refractivity contribution in [2.24, 2.45) is 10.9 Å². The molecule has 1 aromatic heterocycles. The van der Waals surface area contributed by atoms with Gasteiger partial charge in [0, 0.05) is 45.0 Å². The zero-order valence-electron chi connectivity index (χ0n) is 17.7. The van der Waals surface area contributed by atoms with Gasteiger partial charge in [-0.3, -0.25) is 4.99 Å². The summed E-state index contributed by atoms with van der Waals surface area (Å²) >= 11 is 0. The quantitative estimate of drug-likeness (QED) is 0.252. The molecule has 29 heavy (non-hydrogen) atoms. The number of piperidine rings is 1. The van der Waals surface area contributed by atoms with Crippen LogP contribution in [0.4, 0.5) is 10.2 Å². The molecule has 8 heteroatoms. The first-order valence-electron chi connectivity index (χ1n) is 10.8. The fourth-order valence-corrected chi connectivity index (χ4v) is 4.17. The van der Waals surface area contributed by atoms with E-state index in [4.69, 9.17) is 4.99 Å². The Kier molecular flexibility index (Phi) is 10.4.